The molecule has 0 aromatic heterocycles. The Bertz CT molecular complexity index is 503. The van der Waals surface area contributed by atoms with Crippen LogP contribution in [0.15, 0.2) is 0 Å². The zero-order valence-electron chi connectivity index (χ0n) is 25.2. The fourth-order valence-corrected chi connectivity index (χ4v) is 5.09. The second-order valence-corrected chi connectivity index (χ2v) is 11.9. The maximum atomic E-state index is 12.2. The summed E-state index contributed by atoms with van der Waals surface area (Å²) in [6.45, 7) is 6.85. The molecule has 220 valence electrons. The van der Waals surface area contributed by atoms with Gasteiger partial charge in [0.2, 0.25) is 0 Å². The highest BCUT2D eigenvalue weighted by molar-refractivity contribution is 5.71. The van der Waals surface area contributed by atoms with Crippen molar-refractivity contribution in [2.24, 2.45) is 5.92 Å². The number of esters is 1. The van der Waals surface area contributed by atoms with E-state index in [2.05, 4.69) is 20.8 Å². The lowest BCUT2D eigenvalue weighted by Gasteiger charge is -2.16. The van der Waals surface area contributed by atoms with Gasteiger partial charge in [-0.1, -0.05) is 156 Å². The summed E-state index contributed by atoms with van der Waals surface area (Å²) in [5, 5.41) is 9.20. The Morgan fingerprint density at radius 3 is 1.35 bits per heavy atom. The number of unbranched alkanes of at least 4 members (excludes halogenated alkanes) is 20. The molecule has 0 saturated carbocycles. The average molecular weight is 525 g/mol. The maximum Gasteiger partial charge on any atom is 0.307 e. The topological polar surface area (TPSA) is 63.6 Å². The van der Waals surface area contributed by atoms with E-state index >= 15 is 0 Å². The van der Waals surface area contributed by atoms with Crippen molar-refractivity contribution in [3.05, 3.63) is 0 Å². The Labute approximate surface area is 231 Å². The van der Waals surface area contributed by atoms with Gasteiger partial charge in [-0.25, -0.2) is 0 Å². The van der Waals surface area contributed by atoms with E-state index in [0.717, 1.165) is 31.6 Å². The van der Waals surface area contributed by atoms with Gasteiger partial charge in [-0.3, -0.25) is 9.59 Å². The molecule has 37 heavy (non-hydrogen) atoms. The van der Waals surface area contributed by atoms with Crippen molar-refractivity contribution in [3.8, 4) is 0 Å². The number of ether oxygens (including phenoxy) is 1. The normalized spacial score (nSPS) is 12.2. The summed E-state index contributed by atoms with van der Waals surface area (Å²) in [5.41, 5.74) is 0. The monoisotopic (exact) mass is 524 g/mol. The Hall–Kier alpha value is -1.06. The predicted molar refractivity (Wildman–Crippen MR) is 158 cm³/mol. The van der Waals surface area contributed by atoms with Crippen LogP contribution >= 0.6 is 0 Å². The molecule has 0 aliphatic rings. The highest BCUT2D eigenvalue weighted by atomic mass is 16.5. The lowest BCUT2D eigenvalue weighted by molar-refractivity contribution is -0.153. The zero-order chi connectivity index (χ0) is 27.4. The molecule has 0 fully saturated rings. The number of carbonyl (C=O) groups is 2. The quantitative estimate of drug-likeness (QED) is 0.0780. The Kier molecular flexibility index (Phi) is 27.2. The fourth-order valence-electron chi connectivity index (χ4n) is 5.09. The van der Waals surface area contributed by atoms with Crippen LogP contribution in [0.2, 0.25) is 0 Å². The zero-order valence-corrected chi connectivity index (χ0v) is 25.2. The molecule has 1 atom stereocenters. The maximum absolute atomic E-state index is 12.2. The van der Waals surface area contributed by atoms with Crippen molar-refractivity contribution in [3.63, 3.8) is 0 Å². The van der Waals surface area contributed by atoms with E-state index in [-0.39, 0.29) is 12.4 Å². The molecular weight excluding hydrogens is 460 g/mol. The molecule has 0 aromatic rings. The fraction of sp³-hybridized carbons (Fsp3) is 0.939. The van der Waals surface area contributed by atoms with Crippen LogP contribution < -0.4 is 0 Å². The summed E-state index contributed by atoms with van der Waals surface area (Å²) >= 11 is 0. The predicted octanol–water partition coefficient (Wildman–Crippen LogP) is 10.8. The van der Waals surface area contributed by atoms with Gasteiger partial charge in [0.05, 0.1) is 6.42 Å². The molecule has 4 nitrogen and oxygen atoms in total. The SMILES string of the molecule is CCCCCCCCCCCCCCCC(=O)OC(CCCCCCCCCCCC(C)C)CC(=O)O. The van der Waals surface area contributed by atoms with Crippen LogP contribution in [0, 0.1) is 5.92 Å². The first kappa shape index (κ1) is 35.9. The van der Waals surface area contributed by atoms with E-state index in [9.17, 15) is 14.7 Å². The largest absolute Gasteiger partial charge is 0.481 e. The lowest BCUT2D eigenvalue weighted by atomic mass is 10.0. The molecule has 1 unspecified atom stereocenters. The number of hydrogen-bond donors (Lipinski definition) is 1. The minimum Gasteiger partial charge on any atom is -0.481 e. The molecule has 0 heterocycles. The van der Waals surface area contributed by atoms with Gasteiger partial charge in [0.1, 0.15) is 6.10 Å². The summed E-state index contributed by atoms with van der Waals surface area (Å²) in [7, 11) is 0. The summed E-state index contributed by atoms with van der Waals surface area (Å²) in [6, 6.07) is 0. The molecule has 0 aliphatic carbocycles. The molecule has 1 N–H and O–H groups in total. The Morgan fingerprint density at radius 2 is 0.946 bits per heavy atom. The highest BCUT2D eigenvalue weighted by Crippen LogP contribution is 2.17. The van der Waals surface area contributed by atoms with Crippen LogP contribution in [0.25, 0.3) is 0 Å². The Morgan fingerprint density at radius 1 is 0.568 bits per heavy atom. The van der Waals surface area contributed by atoms with Crippen molar-refractivity contribution in [2.75, 3.05) is 0 Å². The van der Waals surface area contributed by atoms with Crippen LogP contribution in [0.1, 0.15) is 188 Å². The van der Waals surface area contributed by atoms with Gasteiger partial charge >= 0.3 is 11.9 Å². The van der Waals surface area contributed by atoms with Gasteiger partial charge in [-0.15, -0.1) is 0 Å². The summed E-state index contributed by atoms with van der Waals surface area (Å²) < 4.78 is 5.55. The van der Waals surface area contributed by atoms with Crippen molar-refractivity contribution in [2.45, 2.75) is 194 Å². The van der Waals surface area contributed by atoms with Gasteiger partial charge in [0, 0.05) is 6.42 Å². The average Bonchev–Trinajstić information content (AvgIpc) is 2.84. The third kappa shape index (κ3) is 29.4. The van der Waals surface area contributed by atoms with Gasteiger partial charge < -0.3 is 9.84 Å². The van der Waals surface area contributed by atoms with E-state index in [1.165, 1.54) is 122 Å². The van der Waals surface area contributed by atoms with Gasteiger partial charge in [0.15, 0.2) is 0 Å². The molecule has 0 amide bonds. The standard InChI is InChI=1S/C33H64O4/c1-4-5-6-7-8-9-10-11-12-16-19-22-25-28-33(36)37-31(29-32(34)35)27-24-21-18-15-13-14-17-20-23-26-30(2)3/h30-31H,4-29H2,1-3H3,(H,34,35). The van der Waals surface area contributed by atoms with E-state index in [1.54, 1.807) is 0 Å². The highest BCUT2D eigenvalue weighted by Gasteiger charge is 2.17. The minimum atomic E-state index is -0.878. The minimum absolute atomic E-state index is 0.0687. The first-order valence-electron chi connectivity index (χ1n) is 16.4. The van der Waals surface area contributed by atoms with Crippen LogP contribution in [0.5, 0.6) is 0 Å². The van der Waals surface area contributed by atoms with Gasteiger partial charge in [-0.05, 0) is 25.2 Å². The second kappa shape index (κ2) is 28.0. The van der Waals surface area contributed by atoms with E-state index in [1.807, 2.05) is 0 Å². The van der Waals surface area contributed by atoms with Gasteiger partial charge in [-0.2, -0.15) is 0 Å². The first-order valence-corrected chi connectivity index (χ1v) is 16.4. The molecule has 0 aromatic carbocycles. The van der Waals surface area contributed by atoms with Gasteiger partial charge in [0.25, 0.3) is 0 Å². The summed E-state index contributed by atoms with van der Waals surface area (Å²) in [4.78, 5) is 23.4. The van der Waals surface area contributed by atoms with E-state index in [0.29, 0.717) is 12.8 Å². The molecule has 4 heteroatoms. The van der Waals surface area contributed by atoms with Crippen molar-refractivity contribution >= 4 is 11.9 Å². The number of carbonyl (C=O) groups excluding carboxylic acids is 1. The molecule has 0 radical (unpaired) electrons. The second-order valence-electron chi connectivity index (χ2n) is 11.9. The summed E-state index contributed by atoms with van der Waals surface area (Å²) in [5.74, 6) is -0.272. The van der Waals surface area contributed by atoms with Crippen LogP contribution in [0.3, 0.4) is 0 Å². The number of carboxylic acid groups (broad SMARTS) is 1. The molecule has 0 aliphatic heterocycles. The van der Waals surface area contributed by atoms with Crippen molar-refractivity contribution in [1.29, 1.82) is 0 Å². The lowest BCUT2D eigenvalue weighted by Crippen LogP contribution is -2.21. The van der Waals surface area contributed by atoms with E-state index in [4.69, 9.17) is 4.74 Å². The van der Waals surface area contributed by atoms with Crippen molar-refractivity contribution < 1.29 is 19.4 Å². The first-order chi connectivity index (χ1) is 18.0. The number of carboxylic acids is 1. The van der Waals surface area contributed by atoms with Crippen molar-refractivity contribution in [1.82, 2.24) is 0 Å². The third-order valence-corrected chi connectivity index (χ3v) is 7.49. The Balaban J connectivity index is 3.67. The number of rotatable bonds is 29. The molecule has 0 spiro atoms. The number of hydrogen-bond acceptors (Lipinski definition) is 3. The number of aliphatic carboxylic acids is 1. The third-order valence-electron chi connectivity index (χ3n) is 7.49. The van der Waals surface area contributed by atoms with Crippen LogP contribution in [0.4, 0.5) is 0 Å². The molecule has 0 saturated heterocycles. The molecular formula is C33H64O4. The molecule has 0 bridgehead atoms. The summed E-state index contributed by atoms with van der Waals surface area (Å²) in [6.07, 6.45) is 29.7. The molecule has 0 rings (SSSR count). The smallest absolute Gasteiger partial charge is 0.307 e. The van der Waals surface area contributed by atoms with E-state index < -0.39 is 12.1 Å². The van der Waals surface area contributed by atoms with Crippen LogP contribution in [-0.2, 0) is 14.3 Å². The van der Waals surface area contributed by atoms with Crippen LogP contribution in [-0.4, -0.2) is 23.1 Å².